The fourth-order valence-electron chi connectivity index (χ4n) is 7.55. The molecule has 1 unspecified atom stereocenters. The summed E-state index contributed by atoms with van der Waals surface area (Å²) in [5, 5.41) is 0. The monoisotopic (exact) mass is 624 g/mol. The van der Waals surface area contributed by atoms with E-state index in [4.69, 9.17) is 23.1 Å². The Morgan fingerprint density at radius 3 is 2.19 bits per heavy atom. The Balaban J connectivity index is 1.65. The van der Waals surface area contributed by atoms with Crippen LogP contribution in [-0.2, 0) is 52.4 Å². The molecule has 3 aliphatic rings. The van der Waals surface area contributed by atoms with E-state index >= 15 is 0 Å². The molecule has 12 nitrogen and oxygen atoms in total. The molecule has 0 spiro atoms. The summed E-state index contributed by atoms with van der Waals surface area (Å²) in [5.41, 5.74) is -0.119. The van der Waals surface area contributed by atoms with Crippen LogP contribution in [0.25, 0.3) is 0 Å². The molecule has 43 heavy (non-hydrogen) atoms. The lowest BCUT2D eigenvalue weighted by Gasteiger charge is -2.44. The Kier molecular flexibility index (Phi) is 9.58. The van der Waals surface area contributed by atoms with Crippen molar-refractivity contribution in [2.45, 2.75) is 83.7 Å². The molecule has 13 heteroatoms. The molecule has 10 atom stereocenters. The van der Waals surface area contributed by atoms with Crippen LogP contribution < -0.4 is 4.90 Å². The molecule has 1 aliphatic heterocycles. The van der Waals surface area contributed by atoms with E-state index in [9.17, 15) is 27.6 Å². The lowest BCUT2D eigenvalue weighted by molar-refractivity contribution is -0.899. The number of rotatable bonds is 9. The molecule has 4 rings (SSSR count). The first-order valence-electron chi connectivity index (χ1n) is 14.5. The predicted octanol–water partition coefficient (Wildman–Crippen LogP) is 1.19. The van der Waals surface area contributed by atoms with Gasteiger partial charge in [0.25, 0.3) is 0 Å². The van der Waals surface area contributed by atoms with E-state index in [1.165, 1.54) is 32.9 Å². The van der Waals surface area contributed by atoms with Gasteiger partial charge in [-0.1, -0.05) is 31.5 Å². The second-order valence-electron chi connectivity index (χ2n) is 12.5. The zero-order valence-electron chi connectivity index (χ0n) is 25.7. The van der Waals surface area contributed by atoms with Gasteiger partial charge in [0.2, 0.25) is 0 Å². The topological polar surface area (TPSA) is 153 Å². The number of nitrogens with one attached hydrogen (secondary N) is 1. The number of carbonyl (C=O) groups excluding carboxylic acids is 4. The van der Waals surface area contributed by atoms with Crippen molar-refractivity contribution in [2.24, 2.45) is 29.1 Å². The van der Waals surface area contributed by atoms with Gasteiger partial charge in [-0.05, 0) is 31.4 Å². The maximum absolute atomic E-state index is 13.4. The van der Waals surface area contributed by atoms with Gasteiger partial charge in [-0.15, -0.1) is 0 Å². The lowest BCUT2D eigenvalue weighted by Crippen LogP contribution is -3.10. The van der Waals surface area contributed by atoms with Crippen molar-refractivity contribution in [1.29, 1.82) is 0 Å². The third-order valence-corrected chi connectivity index (χ3v) is 10.4. The van der Waals surface area contributed by atoms with Crippen LogP contribution in [0, 0.1) is 36.0 Å². The van der Waals surface area contributed by atoms with Crippen LogP contribution in [-0.4, -0.2) is 77.0 Å². The van der Waals surface area contributed by atoms with Crippen LogP contribution in [0.4, 0.5) is 0 Å². The molecule has 1 saturated heterocycles. The molecule has 1 N–H and O–H groups in total. The van der Waals surface area contributed by atoms with Gasteiger partial charge in [0, 0.05) is 38.5 Å². The molecular weight excluding hydrogens is 582 g/mol. The highest BCUT2D eigenvalue weighted by molar-refractivity contribution is 7.86. The van der Waals surface area contributed by atoms with Crippen LogP contribution in [0.1, 0.15) is 53.0 Å². The van der Waals surface area contributed by atoms with Crippen molar-refractivity contribution in [1.82, 2.24) is 0 Å². The highest BCUT2D eigenvalue weighted by atomic mass is 32.2. The average Bonchev–Trinajstić information content (AvgIpc) is 3.30. The smallest absolute Gasteiger partial charge is 0.315 e. The Morgan fingerprint density at radius 1 is 1.00 bits per heavy atom. The molecule has 3 fully saturated rings. The van der Waals surface area contributed by atoms with Crippen molar-refractivity contribution in [3.05, 3.63) is 29.8 Å². The number of fused-ring (bicyclic) bond motifs is 2. The quantitative estimate of drug-likeness (QED) is 0.182. The number of benzene rings is 1. The third-order valence-electron chi connectivity index (χ3n) is 9.16. The van der Waals surface area contributed by atoms with Crippen molar-refractivity contribution in [2.75, 3.05) is 20.3 Å². The number of esters is 4. The number of ether oxygens (including phenoxy) is 4. The highest BCUT2D eigenvalue weighted by Gasteiger charge is 2.69. The van der Waals surface area contributed by atoms with Gasteiger partial charge in [-0.25, -0.2) is 4.18 Å². The largest absolute Gasteiger partial charge is 0.462 e. The van der Waals surface area contributed by atoms with E-state index in [0.717, 1.165) is 5.56 Å². The number of quaternary nitrogens is 1. The molecule has 0 amide bonds. The molecule has 0 aromatic heterocycles. The van der Waals surface area contributed by atoms with Gasteiger partial charge in [0.15, 0.2) is 6.73 Å². The molecule has 2 saturated carbocycles. The van der Waals surface area contributed by atoms with Crippen LogP contribution in [0.3, 0.4) is 0 Å². The van der Waals surface area contributed by atoms with E-state index in [0.29, 0.717) is 11.3 Å². The molecule has 1 heterocycles. The Hall–Kier alpha value is -3.03. The van der Waals surface area contributed by atoms with Crippen LogP contribution in [0.2, 0.25) is 0 Å². The van der Waals surface area contributed by atoms with Gasteiger partial charge in [-0.2, -0.15) is 8.42 Å². The van der Waals surface area contributed by atoms with E-state index in [1.807, 2.05) is 20.8 Å². The zero-order valence-corrected chi connectivity index (χ0v) is 26.5. The molecule has 2 aliphatic carbocycles. The average molecular weight is 625 g/mol. The number of carbonyl (C=O) groups is 4. The van der Waals surface area contributed by atoms with Crippen molar-refractivity contribution < 1.29 is 55.6 Å². The maximum atomic E-state index is 13.4. The second-order valence-corrected chi connectivity index (χ2v) is 14.1. The van der Waals surface area contributed by atoms with Crippen LogP contribution in [0.5, 0.6) is 0 Å². The predicted molar refractivity (Wildman–Crippen MR) is 150 cm³/mol. The minimum atomic E-state index is -4.04. The summed E-state index contributed by atoms with van der Waals surface area (Å²) in [6.07, 6.45) is -2.31. The zero-order chi connectivity index (χ0) is 31.9. The van der Waals surface area contributed by atoms with Gasteiger partial charge in [0.05, 0.1) is 24.4 Å². The molecule has 238 valence electrons. The van der Waals surface area contributed by atoms with E-state index in [1.54, 1.807) is 19.2 Å². The fourth-order valence-corrected chi connectivity index (χ4v) is 8.51. The SMILES string of the molecule is CC(=O)O[C@H]1C[C@H](OC(C)=O)[C@]2(C)[C@@H]1[C@H](C)C[C@@H]1OC(=O)[C@H](C[NH+](C)COS(=O)(=O)c3ccc(C)cc3)[C@H]1[C@@H]2OC(C)=O. The van der Waals surface area contributed by atoms with Crippen molar-refractivity contribution >= 4 is 34.0 Å². The van der Waals surface area contributed by atoms with Gasteiger partial charge in [0.1, 0.15) is 30.3 Å². The van der Waals surface area contributed by atoms with Gasteiger partial charge in [-0.3, -0.25) is 19.2 Å². The standard InChI is InChI=1S/C30H41NO11S/c1-16-8-10-21(11-9-16)43(36,37)38-15-31(7)14-22-26-23(42-29(22)35)12-17(2)27-24(39-18(3)32)13-25(40-19(4)33)30(27,6)28(26)41-20(5)34/h8-11,17,22-28H,12-15H2,1-7H3/p+1/t17-,22-,23+,24+,25+,26-,27-,28+,30-/m1/s1. The van der Waals surface area contributed by atoms with E-state index in [2.05, 4.69) is 0 Å². The highest BCUT2D eigenvalue weighted by Crippen LogP contribution is 2.59. The van der Waals surface area contributed by atoms with Crippen molar-refractivity contribution in [3.63, 3.8) is 0 Å². The van der Waals surface area contributed by atoms with Gasteiger partial charge >= 0.3 is 34.0 Å². The Morgan fingerprint density at radius 2 is 1.60 bits per heavy atom. The first kappa shape index (κ1) is 32.9. The van der Waals surface area contributed by atoms with E-state index < -0.39 is 75.7 Å². The molecule has 1 aromatic rings. The third kappa shape index (κ3) is 6.73. The summed E-state index contributed by atoms with van der Waals surface area (Å²) in [5.74, 6) is -4.03. The molecule has 1 aromatic carbocycles. The molecule has 0 bridgehead atoms. The van der Waals surface area contributed by atoms with Crippen LogP contribution in [0.15, 0.2) is 29.2 Å². The number of hydrogen-bond acceptors (Lipinski definition) is 11. The summed E-state index contributed by atoms with van der Waals surface area (Å²) in [7, 11) is -2.34. The summed E-state index contributed by atoms with van der Waals surface area (Å²) in [6, 6.07) is 6.29. The Labute approximate surface area is 252 Å². The second kappa shape index (κ2) is 12.5. The summed E-state index contributed by atoms with van der Waals surface area (Å²) in [6.45, 7) is 9.41. The molecular formula is C30H42NO11S+. The first-order valence-corrected chi connectivity index (χ1v) is 15.9. The summed E-state index contributed by atoms with van der Waals surface area (Å²) >= 11 is 0. The van der Waals surface area contributed by atoms with Crippen molar-refractivity contribution in [3.8, 4) is 0 Å². The number of hydrogen-bond donors (Lipinski definition) is 1. The maximum Gasteiger partial charge on any atom is 0.315 e. The normalized spacial score (nSPS) is 34.3. The number of aryl methyl sites for hydroxylation is 1. The minimum Gasteiger partial charge on any atom is -0.462 e. The lowest BCUT2D eigenvalue weighted by atomic mass is 9.66. The Bertz CT molecular complexity index is 1350. The fraction of sp³-hybridized carbons (Fsp3) is 0.667. The molecule has 0 radical (unpaired) electrons. The minimum absolute atomic E-state index is 0.0259. The van der Waals surface area contributed by atoms with Gasteiger partial charge < -0.3 is 23.8 Å². The van der Waals surface area contributed by atoms with Crippen LogP contribution >= 0.6 is 0 Å². The summed E-state index contributed by atoms with van der Waals surface area (Å²) in [4.78, 5) is 50.8. The van der Waals surface area contributed by atoms with E-state index in [-0.39, 0.29) is 36.4 Å². The first-order chi connectivity index (χ1) is 20.0. The summed E-state index contributed by atoms with van der Waals surface area (Å²) < 4.78 is 54.3.